The average Bonchev–Trinajstić information content (AvgIpc) is 2.37. The summed E-state index contributed by atoms with van der Waals surface area (Å²) in [7, 11) is -2.76. The van der Waals surface area contributed by atoms with Gasteiger partial charge in [0.15, 0.2) is 11.6 Å². The molecule has 0 radical (unpaired) electrons. The zero-order chi connectivity index (χ0) is 15.6. The largest absolute Gasteiger partial charge is 0.492 e. The van der Waals surface area contributed by atoms with Gasteiger partial charge in [0.1, 0.15) is 0 Å². The maximum Gasteiger partial charge on any atom is 0.241 e. The van der Waals surface area contributed by atoms with Crippen LogP contribution < -0.4 is 15.2 Å². The predicted octanol–water partition coefficient (Wildman–Crippen LogP) is 0.856. The number of aliphatic hydroxyl groups excluding tert-OH is 1. The molecule has 1 aromatic carbocycles. The van der Waals surface area contributed by atoms with Crippen molar-refractivity contribution in [3.05, 3.63) is 17.9 Å². The Bertz CT molecular complexity index is 562. The van der Waals surface area contributed by atoms with Gasteiger partial charge >= 0.3 is 0 Å². The molecule has 0 aliphatic rings. The van der Waals surface area contributed by atoms with E-state index in [1.54, 1.807) is 13.8 Å². The Kier molecular flexibility index (Phi) is 4.95. The van der Waals surface area contributed by atoms with Gasteiger partial charge in [-0.1, -0.05) is 6.92 Å². The first-order valence-electron chi connectivity index (χ1n) is 5.97. The van der Waals surface area contributed by atoms with Gasteiger partial charge in [-0.15, -0.1) is 0 Å². The number of methoxy groups -OCH3 is 1. The first kappa shape index (κ1) is 16.7. The zero-order valence-corrected chi connectivity index (χ0v) is 12.4. The number of aliphatic hydroxyl groups is 1. The minimum Gasteiger partial charge on any atom is -0.492 e. The second-order valence-electron chi connectivity index (χ2n) is 4.71. The average molecular weight is 306 g/mol. The van der Waals surface area contributed by atoms with E-state index in [0.29, 0.717) is 6.42 Å². The van der Waals surface area contributed by atoms with Crippen molar-refractivity contribution in [1.29, 1.82) is 0 Å². The predicted molar refractivity (Wildman–Crippen MR) is 73.5 cm³/mol. The van der Waals surface area contributed by atoms with Crippen LogP contribution in [0.2, 0.25) is 0 Å². The van der Waals surface area contributed by atoms with E-state index in [0.717, 1.165) is 12.1 Å². The molecule has 4 N–H and O–H groups in total. The van der Waals surface area contributed by atoms with Crippen LogP contribution >= 0.6 is 0 Å². The third kappa shape index (κ3) is 3.38. The van der Waals surface area contributed by atoms with Crippen molar-refractivity contribution < 1.29 is 22.7 Å². The zero-order valence-electron chi connectivity index (χ0n) is 11.6. The molecule has 1 rings (SSSR count). The molecule has 1 unspecified atom stereocenters. The minimum absolute atomic E-state index is 0.116. The van der Waals surface area contributed by atoms with Crippen molar-refractivity contribution in [3.8, 4) is 5.75 Å². The third-order valence-electron chi connectivity index (χ3n) is 3.07. The third-order valence-corrected chi connectivity index (χ3v) is 4.69. The normalized spacial score (nSPS) is 14.8. The van der Waals surface area contributed by atoms with Gasteiger partial charge in [0.2, 0.25) is 10.0 Å². The molecule has 114 valence electrons. The summed E-state index contributed by atoms with van der Waals surface area (Å²) in [4.78, 5) is -0.318. The topological polar surface area (TPSA) is 102 Å². The molecule has 1 aromatic rings. The first-order valence-corrected chi connectivity index (χ1v) is 7.45. The molecule has 0 bridgehead atoms. The smallest absolute Gasteiger partial charge is 0.241 e. The highest BCUT2D eigenvalue weighted by atomic mass is 32.2. The summed E-state index contributed by atoms with van der Waals surface area (Å²) < 4.78 is 45.1. The van der Waals surface area contributed by atoms with E-state index >= 15 is 0 Å². The van der Waals surface area contributed by atoms with E-state index in [4.69, 9.17) is 10.5 Å². The van der Waals surface area contributed by atoms with Crippen LogP contribution in [0.4, 0.5) is 10.1 Å². The van der Waals surface area contributed by atoms with Crippen molar-refractivity contribution in [2.75, 3.05) is 19.5 Å². The fraction of sp³-hybridized carbons (Fsp3) is 0.500. The maximum absolute atomic E-state index is 13.7. The van der Waals surface area contributed by atoms with Crippen molar-refractivity contribution in [1.82, 2.24) is 4.72 Å². The van der Waals surface area contributed by atoms with E-state index < -0.39 is 21.4 Å². The molecular weight excluding hydrogens is 287 g/mol. The Labute approximate surface area is 117 Å². The van der Waals surface area contributed by atoms with E-state index in [2.05, 4.69) is 4.72 Å². The molecule has 0 fully saturated rings. The number of nitrogens with two attached hydrogens (primary N) is 1. The molecular formula is C12H19FN2O4S. The molecule has 0 aliphatic heterocycles. The summed E-state index contributed by atoms with van der Waals surface area (Å²) in [5.41, 5.74) is 4.41. The SMILES string of the molecule is CCC(C)(CO)NS(=O)(=O)c1cc(N)c(OC)c(F)c1. The van der Waals surface area contributed by atoms with Crippen molar-refractivity contribution in [2.45, 2.75) is 30.7 Å². The lowest BCUT2D eigenvalue weighted by molar-refractivity contribution is 0.191. The van der Waals surface area contributed by atoms with Crippen molar-refractivity contribution in [2.24, 2.45) is 0 Å². The lowest BCUT2D eigenvalue weighted by Crippen LogP contribution is -2.48. The van der Waals surface area contributed by atoms with Crippen LogP contribution in [0.5, 0.6) is 5.75 Å². The molecule has 0 amide bonds. The van der Waals surface area contributed by atoms with E-state index in [1.807, 2.05) is 0 Å². The number of halogens is 1. The minimum atomic E-state index is -4.00. The lowest BCUT2D eigenvalue weighted by atomic mass is 10.0. The Morgan fingerprint density at radius 1 is 1.50 bits per heavy atom. The van der Waals surface area contributed by atoms with Gasteiger partial charge in [0.05, 0.1) is 29.8 Å². The fourth-order valence-electron chi connectivity index (χ4n) is 1.56. The number of sulfonamides is 1. The molecule has 0 aromatic heterocycles. The summed E-state index contributed by atoms with van der Waals surface area (Å²) in [5, 5.41) is 9.24. The number of hydrogen-bond donors (Lipinski definition) is 3. The fourth-order valence-corrected chi connectivity index (χ4v) is 3.08. The molecule has 0 spiro atoms. The molecule has 8 heteroatoms. The Hall–Kier alpha value is -1.38. The summed E-state index contributed by atoms with van der Waals surface area (Å²) in [6, 6.07) is 1.93. The highest BCUT2D eigenvalue weighted by molar-refractivity contribution is 7.89. The van der Waals surface area contributed by atoms with E-state index in [-0.39, 0.29) is 22.9 Å². The van der Waals surface area contributed by atoms with Crippen LogP contribution in [0.15, 0.2) is 17.0 Å². The standard InChI is InChI=1S/C12H19FN2O4S/c1-4-12(2,7-16)15-20(17,18)8-5-9(13)11(19-3)10(14)6-8/h5-6,15-16H,4,7,14H2,1-3H3. The van der Waals surface area contributed by atoms with Gasteiger partial charge in [-0.05, 0) is 25.5 Å². The number of nitrogens with one attached hydrogen (secondary N) is 1. The van der Waals surface area contributed by atoms with Crippen LogP contribution in [-0.4, -0.2) is 32.8 Å². The Balaban J connectivity index is 3.24. The second-order valence-corrected chi connectivity index (χ2v) is 6.39. The first-order chi connectivity index (χ1) is 9.19. The number of nitrogen functional groups attached to an aromatic ring is 1. The van der Waals surface area contributed by atoms with Crippen LogP contribution in [0.1, 0.15) is 20.3 Å². The maximum atomic E-state index is 13.7. The number of anilines is 1. The van der Waals surface area contributed by atoms with Crippen molar-refractivity contribution >= 4 is 15.7 Å². The molecule has 1 atom stereocenters. The van der Waals surface area contributed by atoms with Gasteiger partial charge in [-0.3, -0.25) is 0 Å². The Morgan fingerprint density at radius 3 is 2.50 bits per heavy atom. The van der Waals surface area contributed by atoms with Crippen LogP contribution in [-0.2, 0) is 10.0 Å². The van der Waals surface area contributed by atoms with Gasteiger partial charge in [0, 0.05) is 0 Å². The number of benzene rings is 1. The van der Waals surface area contributed by atoms with Gasteiger partial charge in [-0.25, -0.2) is 17.5 Å². The van der Waals surface area contributed by atoms with Crippen LogP contribution in [0.3, 0.4) is 0 Å². The second kappa shape index (κ2) is 5.94. The number of ether oxygens (including phenoxy) is 1. The molecule has 0 heterocycles. The summed E-state index contributed by atoms with van der Waals surface area (Å²) in [6.45, 7) is 2.90. The van der Waals surface area contributed by atoms with Crippen molar-refractivity contribution in [3.63, 3.8) is 0 Å². The number of hydrogen-bond acceptors (Lipinski definition) is 5. The molecule has 0 saturated heterocycles. The quantitative estimate of drug-likeness (QED) is 0.677. The molecule has 0 saturated carbocycles. The van der Waals surface area contributed by atoms with Gasteiger partial charge in [0.25, 0.3) is 0 Å². The van der Waals surface area contributed by atoms with E-state index in [1.165, 1.54) is 7.11 Å². The lowest BCUT2D eigenvalue weighted by Gasteiger charge is -2.26. The summed E-state index contributed by atoms with van der Waals surface area (Å²) in [6.07, 6.45) is 0.372. The van der Waals surface area contributed by atoms with Crippen LogP contribution in [0, 0.1) is 5.82 Å². The highest BCUT2D eigenvalue weighted by Crippen LogP contribution is 2.29. The van der Waals surface area contributed by atoms with Crippen LogP contribution in [0.25, 0.3) is 0 Å². The monoisotopic (exact) mass is 306 g/mol. The highest BCUT2D eigenvalue weighted by Gasteiger charge is 2.29. The summed E-state index contributed by atoms with van der Waals surface area (Å²) in [5.74, 6) is -1.07. The van der Waals surface area contributed by atoms with Gasteiger partial charge in [-0.2, -0.15) is 0 Å². The molecule has 6 nitrogen and oxygen atoms in total. The number of rotatable bonds is 6. The van der Waals surface area contributed by atoms with Gasteiger partial charge < -0.3 is 15.6 Å². The molecule has 20 heavy (non-hydrogen) atoms. The van der Waals surface area contributed by atoms with E-state index in [9.17, 15) is 17.9 Å². The Morgan fingerprint density at radius 2 is 2.10 bits per heavy atom. The molecule has 0 aliphatic carbocycles. The summed E-state index contributed by atoms with van der Waals surface area (Å²) >= 11 is 0.